The molecule has 2 heterocycles. The van der Waals surface area contributed by atoms with Crippen LogP contribution in [0.3, 0.4) is 0 Å². The summed E-state index contributed by atoms with van der Waals surface area (Å²) in [6.07, 6.45) is 5.96. The van der Waals surface area contributed by atoms with Crippen molar-refractivity contribution in [2.24, 2.45) is 0 Å². The third-order valence-electron chi connectivity index (χ3n) is 5.69. The van der Waals surface area contributed by atoms with Crippen molar-refractivity contribution in [2.75, 3.05) is 33.4 Å². The number of ether oxygens (including phenoxy) is 2. The SMILES string of the molecule is COCCOc1ccc(C2(c3ccc(-c4cn[nH]c4)cc3)CCNCC2)cc1. The number of benzene rings is 2. The largest absolute Gasteiger partial charge is 0.491 e. The molecule has 1 fully saturated rings. The number of hydrogen-bond acceptors (Lipinski definition) is 4. The zero-order valence-corrected chi connectivity index (χ0v) is 16.3. The first kappa shape index (κ1) is 18.7. The number of nitrogens with zero attached hydrogens (tertiary/aromatic N) is 1. The lowest BCUT2D eigenvalue weighted by atomic mass is 9.68. The molecule has 146 valence electrons. The molecule has 1 saturated heterocycles. The maximum absolute atomic E-state index is 5.74. The van der Waals surface area contributed by atoms with Gasteiger partial charge < -0.3 is 14.8 Å². The van der Waals surface area contributed by atoms with Crippen LogP contribution < -0.4 is 10.1 Å². The Labute approximate surface area is 166 Å². The molecule has 28 heavy (non-hydrogen) atoms. The fraction of sp³-hybridized carbons (Fsp3) is 0.348. The van der Waals surface area contributed by atoms with Crippen molar-refractivity contribution in [1.29, 1.82) is 0 Å². The van der Waals surface area contributed by atoms with Crippen LogP contribution in [0.15, 0.2) is 60.9 Å². The molecule has 4 rings (SSSR count). The number of piperidine rings is 1. The van der Waals surface area contributed by atoms with Gasteiger partial charge in [0, 0.05) is 24.3 Å². The summed E-state index contributed by atoms with van der Waals surface area (Å²) in [6.45, 7) is 3.21. The number of nitrogens with one attached hydrogen (secondary N) is 2. The third kappa shape index (κ3) is 3.81. The molecule has 1 aromatic heterocycles. The molecule has 2 aromatic carbocycles. The minimum absolute atomic E-state index is 0.0330. The molecule has 1 aliphatic heterocycles. The van der Waals surface area contributed by atoms with Gasteiger partial charge in [0.15, 0.2) is 0 Å². The molecule has 0 spiro atoms. The first-order chi connectivity index (χ1) is 13.8. The smallest absolute Gasteiger partial charge is 0.119 e. The summed E-state index contributed by atoms with van der Waals surface area (Å²) in [5.41, 5.74) is 5.05. The second-order valence-electron chi connectivity index (χ2n) is 7.26. The first-order valence-corrected chi connectivity index (χ1v) is 9.84. The average Bonchev–Trinajstić information content (AvgIpc) is 3.30. The van der Waals surface area contributed by atoms with Crippen LogP contribution >= 0.6 is 0 Å². The zero-order chi connectivity index (χ0) is 19.2. The Morgan fingerprint density at radius 3 is 2.18 bits per heavy atom. The molecule has 1 aliphatic rings. The van der Waals surface area contributed by atoms with E-state index in [1.807, 2.05) is 12.4 Å². The Balaban J connectivity index is 1.61. The average molecular weight is 377 g/mol. The predicted molar refractivity (Wildman–Crippen MR) is 111 cm³/mol. The van der Waals surface area contributed by atoms with Crippen molar-refractivity contribution in [2.45, 2.75) is 18.3 Å². The molecule has 0 radical (unpaired) electrons. The highest BCUT2D eigenvalue weighted by molar-refractivity contribution is 5.62. The lowest BCUT2D eigenvalue weighted by Gasteiger charge is -2.39. The lowest BCUT2D eigenvalue weighted by molar-refractivity contribution is 0.146. The van der Waals surface area contributed by atoms with Gasteiger partial charge in [-0.1, -0.05) is 36.4 Å². The molecule has 3 aromatic rings. The minimum atomic E-state index is 0.0330. The van der Waals surface area contributed by atoms with Crippen molar-refractivity contribution in [1.82, 2.24) is 15.5 Å². The van der Waals surface area contributed by atoms with Crippen LogP contribution in [-0.2, 0) is 10.2 Å². The van der Waals surface area contributed by atoms with Gasteiger partial charge in [0.1, 0.15) is 12.4 Å². The van der Waals surface area contributed by atoms with E-state index in [1.165, 1.54) is 16.7 Å². The summed E-state index contributed by atoms with van der Waals surface area (Å²) >= 11 is 0. The standard InChI is InChI=1S/C23H27N3O2/c1-27-14-15-28-22-8-6-21(7-9-22)23(10-12-24-13-11-23)20-4-2-18(3-5-20)19-16-25-26-17-19/h2-9,16-17,24H,10-15H2,1H3,(H,25,26). The van der Waals surface area contributed by atoms with Gasteiger partial charge in [0.2, 0.25) is 0 Å². The Hall–Kier alpha value is -2.63. The second-order valence-corrected chi connectivity index (χ2v) is 7.26. The molecule has 0 saturated carbocycles. The van der Waals surface area contributed by atoms with E-state index >= 15 is 0 Å². The first-order valence-electron chi connectivity index (χ1n) is 9.84. The van der Waals surface area contributed by atoms with Gasteiger partial charge in [-0.2, -0.15) is 5.10 Å². The van der Waals surface area contributed by atoms with Gasteiger partial charge in [0.05, 0.1) is 12.8 Å². The predicted octanol–water partition coefficient (Wildman–Crippen LogP) is 3.77. The summed E-state index contributed by atoms with van der Waals surface area (Å²) in [6, 6.07) is 17.5. The fourth-order valence-corrected chi connectivity index (χ4v) is 4.10. The number of H-pyrrole nitrogens is 1. The van der Waals surface area contributed by atoms with E-state index in [-0.39, 0.29) is 5.41 Å². The molecule has 0 atom stereocenters. The van der Waals surface area contributed by atoms with E-state index in [1.54, 1.807) is 7.11 Å². The van der Waals surface area contributed by atoms with Crippen LogP contribution in [0.5, 0.6) is 5.75 Å². The number of aromatic nitrogens is 2. The van der Waals surface area contributed by atoms with Crippen molar-refractivity contribution in [3.05, 3.63) is 72.1 Å². The summed E-state index contributed by atoms with van der Waals surface area (Å²) in [4.78, 5) is 0. The lowest BCUT2D eigenvalue weighted by Crippen LogP contribution is -2.40. The molecule has 0 aliphatic carbocycles. The van der Waals surface area contributed by atoms with Crippen LogP contribution in [0.1, 0.15) is 24.0 Å². The van der Waals surface area contributed by atoms with Gasteiger partial charge in [-0.25, -0.2) is 0 Å². The summed E-state index contributed by atoms with van der Waals surface area (Å²) in [5, 5.41) is 10.4. The van der Waals surface area contributed by atoms with E-state index in [2.05, 4.69) is 64.0 Å². The van der Waals surface area contributed by atoms with E-state index in [0.29, 0.717) is 13.2 Å². The molecule has 0 amide bonds. The van der Waals surface area contributed by atoms with Gasteiger partial charge in [-0.05, 0) is 54.8 Å². The van der Waals surface area contributed by atoms with Crippen LogP contribution in [0.4, 0.5) is 0 Å². The second kappa shape index (κ2) is 8.59. The number of hydrogen-bond donors (Lipinski definition) is 2. The number of aromatic amines is 1. The molecule has 0 bridgehead atoms. The highest BCUT2D eigenvalue weighted by atomic mass is 16.5. The monoisotopic (exact) mass is 377 g/mol. The van der Waals surface area contributed by atoms with E-state index in [4.69, 9.17) is 9.47 Å². The van der Waals surface area contributed by atoms with Crippen molar-refractivity contribution in [3.8, 4) is 16.9 Å². The molecular weight excluding hydrogens is 350 g/mol. The number of rotatable bonds is 7. The Morgan fingerprint density at radius 1 is 0.893 bits per heavy atom. The summed E-state index contributed by atoms with van der Waals surface area (Å²) in [5.74, 6) is 0.889. The molecule has 2 N–H and O–H groups in total. The Kier molecular flexibility index (Phi) is 5.74. The Morgan fingerprint density at radius 2 is 1.57 bits per heavy atom. The van der Waals surface area contributed by atoms with Gasteiger partial charge >= 0.3 is 0 Å². The van der Waals surface area contributed by atoms with Crippen molar-refractivity contribution in [3.63, 3.8) is 0 Å². The quantitative estimate of drug-likeness (QED) is 0.616. The van der Waals surface area contributed by atoms with E-state index in [0.717, 1.165) is 37.2 Å². The summed E-state index contributed by atoms with van der Waals surface area (Å²) < 4.78 is 10.8. The molecule has 5 heteroatoms. The molecular formula is C23H27N3O2. The van der Waals surface area contributed by atoms with Crippen LogP contribution in [0, 0.1) is 0 Å². The van der Waals surface area contributed by atoms with Crippen LogP contribution in [0.25, 0.3) is 11.1 Å². The summed E-state index contributed by atoms with van der Waals surface area (Å²) in [7, 11) is 1.69. The van der Waals surface area contributed by atoms with Crippen molar-refractivity contribution >= 4 is 0 Å². The Bertz CT molecular complexity index is 852. The maximum Gasteiger partial charge on any atom is 0.119 e. The third-order valence-corrected chi connectivity index (χ3v) is 5.69. The van der Waals surface area contributed by atoms with Gasteiger partial charge in [-0.15, -0.1) is 0 Å². The number of methoxy groups -OCH3 is 1. The van der Waals surface area contributed by atoms with Gasteiger partial charge in [-0.3, -0.25) is 5.10 Å². The van der Waals surface area contributed by atoms with Crippen molar-refractivity contribution < 1.29 is 9.47 Å². The topological polar surface area (TPSA) is 59.2 Å². The van der Waals surface area contributed by atoms with E-state index in [9.17, 15) is 0 Å². The highest BCUT2D eigenvalue weighted by Gasteiger charge is 2.35. The molecule has 0 unspecified atom stereocenters. The highest BCUT2D eigenvalue weighted by Crippen LogP contribution is 2.41. The normalized spacial score (nSPS) is 16.0. The van der Waals surface area contributed by atoms with Gasteiger partial charge in [0.25, 0.3) is 0 Å². The fourth-order valence-electron chi connectivity index (χ4n) is 4.10. The molecule has 5 nitrogen and oxygen atoms in total. The van der Waals surface area contributed by atoms with Crippen LogP contribution in [-0.4, -0.2) is 43.6 Å². The zero-order valence-electron chi connectivity index (χ0n) is 16.3. The minimum Gasteiger partial charge on any atom is -0.491 e. The van der Waals surface area contributed by atoms with E-state index < -0.39 is 0 Å². The maximum atomic E-state index is 5.74. The van der Waals surface area contributed by atoms with Crippen LogP contribution in [0.2, 0.25) is 0 Å².